The van der Waals surface area contributed by atoms with Crippen LogP contribution in [0.15, 0.2) is 0 Å². The number of carbonyl (C=O) groups is 2. The van der Waals surface area contributed by atoms with Gasteiger partial charge in [0, 0.05) is 32.5 Å². The van der Waals surface area contributed by atoms with Crippen molar-refractivity contribution in [2.24, 2.45) is 5.92 Å². The molecule has 1 N–H and O–H groups in total. The van der Waals surface area contributed by atoms with E-state index in [1.54, 1.807) is 11.8 Å². The van der Waals surface area contributed by atoms with Gasteiger partial charge in [-0.1, -0.05) is 0 Å². The summed E-state index contributed by atoms with van der Waals surface area (Å²) in [6.45, 7) is 3.60. The molecule has 0 aromatic carbocycles. The van der Waals surface area contributed by atoms with Crippen LogP contribution < -0.4 is 5.32 Å². The Hall–Kier alpha value is -1.26. The summed E-state index contributed by atoms with van der Waals surface area (Å²) in [5.41, 5.74) is 0. The normalized spacial score (nSPS) is 16.3. The van der Waals surface area contributed by atoms with Crippen LogP contribution in [0.1, 0.15) is 6.92 Å². The van der Waals surface area contributed by atoms with Gasteiger partial charge >= 0.3 is 6.09 Å². The molecule has 1 aliphatic rings. The van der Waals surface area contributed by atoms with Gasteiger partial charge < -0.3 is 15.0 Å². The standard InChI is InChI=1S/C8H14N2O3/c1-6(11)10-4-7(5-10)3-9-8(12)13-2/h7H,3-5H2,1-2H3,(H,9,12). The second-order valence-electron chi connectivity index (χ2n) is 3.16. The first kappa shape index (κ1) is 9.83. The Labute approximate surface area is 77.0 Å². The minimum absolute atomic E-state index is 0.0920. The van der Waals surface area contributed by atoms with E-state index in [9.17, 15) is 9.59 Å². The van der Waals surface area contributed by atoms with E-state index in [4.69, 9.17) is 0 Å². The van der Waals surface area contributed by atoms with Gasteiger partial charge in [-0.3, -0.25) is 4.79 Å². The quantitative estimate of drug-likeness (QED) is 0.651. The van der Waals surface area contributed by atoms with E-state index < -0.39 is 6.09 Å². The summed E-state index contributed by atoms with van der Waals surface area (Å²) in [6.07, 6.45) is -0.415. The zero-order valence-corrected chi connectivity index (χ0v) is 7.87. The van der Waals surface area contributed by atoms with Crippen molar-refractivity contribution < 1.29 is 14.3 Å². The van der Waals surface area contributed by atoms with E-state index in [1.807, 2.05) is 0 Å². The molecule has 1 saturated heterocycles. The highest BCUT2D eigenvalue weighted by Gasteiger charge is 2.28. The van der Waals surface area contributed by atoms with E-state index in [1.165, 1.54) is 7.11 Å². The fourth-order valence-corrected chi connectivity index (χ4v) is 1.26. The molecule has 0 radical (unpaired) electrons. The van der Waals surface area contributed by atoms with Crippen LogP contribution >= 0.6 is 0 Å². The molecule has 0 aromatic heterocycles. The molecule has 74 valence electrons. The Kier molecular flexibility index (Phi) is 3.11. The number of ether oxygens (including phenoxy) is 1. The number of methoxy groups -OCH3 is 1. The van der Waals surface area contributed by atoms with Gasteiger partial charge in [0.2, 0.25) is 5.91 Å². The lowest BCUT2D eigenvalue weighted by Gasteiger charge is -2.38. The Morgan fingerprint density at radius 1 is 1.54 bits per heavy atom. The fraction of sp³-hybridized carbons (Fsp3) is 0.750. The van der Waals surface area contributed by atoms with Crippen LogP contribution in [0.3, 0.4) is 0 Å². The van der Waals surface area contributed by atoms with E-state index in [0.29, 0.717) is 12.5 Å². The molecular weight excluding hydrogens is 172 g/mol. The predicted octanol–water partition coefficient (Wildman–Crippen LogP) is -0.179. The summed E-state index contributed by atoms with van der Waals surface area (Å²) >= 11 is 0. The predicted molar refractivity (Wildman–Crippen MR) is 46.2 cm³/mol. The van der Waals surface area contributed by atoms with E-state index in [-0.39, 0.29) is 5.91 Å². The van der Waals surface area contributed by atoms with Gasteiger partial charge in [0.1, 0.15) is 0 Å². The summed E-state index contributed by atoms with van der Waals surface area (Å²) < 4.78 is 4.41. The lowest BCUT2D eigenvalue weighted by atomic mass is 10.0. The second kappa shape index (κ2) is 4.11. The average Bonchev–Trinajstić information content (AvgIpc) is 2.00. The Balaban J connectivity index is 2.08. The molecule has 1 heterocycles. The van der Waals surface area contributed by atoms with Gasteiger partial charge in [-0.25, -0.2) is 4.79 Å². The van der Waals surface area contributed by atoms with E-state index in [0.717, 1.165) is 13.1 Å². The van der Waals surface area contributed by atoms with Crippen molar-refractivity contribution in [3.63, 3.8) is 0 Å². The Morgan fingerprint density at radius 3 is 2.62 bits per heavy atom. The molecule has 5 heteroatoms. The van der Waals surface area contributed by atoms with Gasteiger partial charge in [-0.2, -0.15) is 0 Å². The number of nitrogens with zero attached hydrogens (tertiary/aromatic N) is 1. The summed E-state index contributed by atoms with van der Waals surface area (Å²) in [5, 5.41) is 2.59. The number of carbonyl (C=O) groups excluding carboxylic acids is 2. The zero-order chi connectivity index (χ0) is 9.84. The minimum atomic E-state index is -0.415. The number of hydrogen-bond donors (Lipinski definition) is 1. The molecule has 1 fully saturated rings. The number of alkyl carbamates (subject to hydrolysis) is 1. The number of likely N-dealkylation sites (tertiary alicyclic amines) is 1. The highest BCUT2D eigenvalue weighted by Crippen LogP contribution is 2.13. The number of hydrogen-bond acceptors (Lipinski definition) is 3. The maximum Gasteiger partial charge on any atom is 0.406 e. The lowest BCUT2D eigenvalue weighted by Crippen LogP contribution is -2.53. The van der Waals surface area contributed by atoms with Gasteiger partial charge in [-0.05, 0) is 0 Å². The van der Waals surface area contributed by atoms with Crippen molar-refractivity contribution in [1.29, 1.82) is 0 Å². The maximum atomic E-state index is 10.8. The summed E-state index contributed by atoms with van der Waals surface area (Å²) in [7, 11) is 1.33. The third-order valence-electron chi connectivity index (χ3n) is 2.12. The topological polar surface area (TPSA) is 58.6 Å². The molecule has 0 saturated carbocycles. The van der Waals surface area contributed by atoms with Crippen molar-refractivity contribution in [3.05, 3.63) is 0 Å². The van der Waals surface area contributed by atoms with Crippen LogP contribution in [-0.4, -0.2) is 43.6 Å². The third-order valence-corrected chi connectivity index (χ3v) is 2.12. The number of amides is 2. The molecular formula is C8H14N2O3. The smallest absolute Gasteiger partial charge is 0.406 e. The van der Waals surface area contributed by atoms with Crippen molar-refractivity contribution in [3.8, 4) is 0 Å². The third kappa shape index (κ3) is 2.61. The molecule has 0 atom stereocenters. The monoisotopic (exact) mass is 186 g/mol. The van der Waals surface area contributed by atoms with Gasteiger partial charge in [0.15, 0.2) is 0 Å². The molecule has 0 unspecified atom stereocenters. The highest BCUT2D eigenvalue weighted by molar-refractivity contribution is 5.74. The fourth-order valence-electron chi connectivity index (χ4n) is 1.26. The van der Waals surface area contributed by atoms with E-state index >= 15 is 0 Å². The van der Waals surface area contributed by atoms with Crippen LogP contribution in [0.4, 0.5) is 4.79 Å². The van der Waals surface area contributed by atoms with Crippen LogP contribution in [0.25, 0.3) is 0 Å². The van der Waals surface area contributed by atoms with Gasteiger partial charge in [-0.15, -0.1) is 0 Å². The van der Waals surface area contributed by atoms with Gasteiger partial charge in [0.25, 0.3) is 0 Å². The van der Waals surface area contributed by atoms with E-state index in [2.05, 4.69) is 10.1 Å². The molecule has 0 spiro atoms. The zero-order valence-electron chi connectivity index (χ0n) is 7.87. The van der Waals surface area contributed by atoms with Crippen molar-refractivity contribution in [2.45, 2.75) is 6.92 Å². The van der Waals surface area contributed by atoms with Gasteiger partial charge in [0.05, 0.1) is 7.11 Å². The largest absolute Gasteiger partial charge is 0.453 e. The van der Waals surface area contributed by atoms with Crippen molar-refractivity contribution >= 4 is 12.0 Å². The first-order chi connectivity index (χ1) is 6.13. The molecule has 0 bridgehead atoms. The SMILES string of the molecule is COC(=O)NCC1CN(C(C)=O)C1. The number of rotatable bonds is 2. The molecule has 0 aliphatic carbocycles. The van der Waals surface area contributed by atoms with Crippen LogP contribution in [0.5, 0.6) is 0 Å². The van der Waals surface area contributed by atoms with Crippen LogP contribution in [0.2, 0.25) is 0 Å². The first-order valence-corrected chi connectivity index (χ1v) is 4.20. The van der Waals surface area contributed by atoms with Crippen molar-refractivity contribution in [1.82, 2.24) is 10.2 Å². The Morgan fingerprint density at radius 2 is 2.15 bits per heavy atom. The second-order valence-corrected chi connectivity index (χ2v) is 3.16. The minimum Gasteiger partial charge on any atom is -0.453 e. The molecule has 1 rings (SSSR count). The maximum absolute atomic E-state index is 10.8. The van der Waals surface area contributed by atoms with Crippen molar-refractivity contribution in [2.75, 3.05) is 26.7 Å². The molecule has 0 aromatic rings. The first-order valence-electron chi connectivity index (χ1n) is 4.20. The summed E-state index contributed by atoms with van der Waals surface area (Å²) in [5.74, 6) is 0.470. The number of nitrogens with one attached hydrogen (secondary N) is 1. The molecule has 5 nitrogen and oxygen atoms in total. The van der Waals surface area contributed by atoms with Crippen LogP contribution in [-0.2, 0) is 9.53 Å². The lowest BCUT2D eigenvalue weighted by molar-refractivity contribution is -0.134. The van der Waals surface area contributed by atoms with Crippen LogP contribution in [0, 0.1) is 5.92 Å². The molecule has 13 heavy (non-hydrogen) atoms. The average molecular weight is 186 g/mol. The Bertz CT molecular complexity index is 211. The highest BCUT2D eigenvalue weighted by atomic mass is 16.5. The molecule has 2 amide bonds. The molecule has 1 aliphatic heterocycles. The summed E-state index contributed by atoms with van der Waals surface area (Å²) in [6, 6.07) is 0. The summed E-state index contributed by atoms with van der Waals surface area (Å²) in [4.78, 5) is 23.2.